The van der Waals surface area contributed by atoms with Gasteiger partial charge in [-0.1, -0.05) is 84.0 Å². The Morgan fingerprint density at radius 3 is 1.62 bits per heavy atom. The topological polar surface area (TPSA) is 52.5 Å². The van der Waals surface area contributed by atoms with Gasteiger partial charge in [-0.15, -0.1) is 0 Å². The minimum absolute atomic E-state index is 0.0517. The Balaban J connectivity index is 1.73. The second-order valence-electron chi connectivity index (χ2n) is 6.73. The van der Waals surface area contributed by atoms with Gasteiger partial charge in [-0.2, -0.15) is 0 Å². The van der Waals surface area contributed by atoms with Gasteiger partial charge in [0.05, 0.1) is 18.8 Å². The van der Waals surface area contributed by atoms with Gasteiger partial charge in [-0.25, -0.2) is 0 Å². The average Bonchev–Trinajstić information content (AvgIpc) is 2.50. The van der Waals surface area contributed by atoms with Crippen molar-refractivity contribution in [2.75, 3.05) is 6.61 Å². The van der Waals surface area contributed by atoms with Gasteiger partial charge in [0, 0.05) is 6.04 Å². The van der Waals surface area contributed by atoms with Crippen molar-refractivity contribution in [3.05, 3.63) is 0 Å². The fourth-order valence-corrected chi connectivity index (χ4v) is 3.25. The number of rotatable bonds is 14. The van der Waals surface area contributed by atoms with E-state index in [9.17, 15) is 5.11 Å². The largest absolute Gasteiger partial charge is 0.395 e. The van der Waals surface area contributed by atoms with Gasteiger partial charge in [0.1, 0.15) is 0 Å². The maximum absolute atomic E-state index is 9.72. The van der Waals surface area contributed by atoms with Crippen LogP contribution in [0.5, 0.6) is 0 Å². The van der Waals surface area contributed by atoms with Crippen molar-refractivity contribution >= 4 is 0 Å². The third-order valence-corrected chi connectivity index (χ3v) is 4.82. The maximum Gasteiger partial charge on any atom is 0.0868 e. The molecule has 1 aliphatic rings. The molecule has 3 N–H and O–H groups in total. The van der Waals surface area contributed by atoms with Crippen LogP contribution < -0.4 is 5.32 Å². The van der Waals surface area contributed by atoms with E-state index in [-0.39, 0.29) is 24.8 Å². The lowest BCUT2D eigenvalue weighted by Gasteiger charge is -2.42. The highest BCUT2D eigenvalue weighted by Crippen LogP contribution is 2.19. The van der Waals surface area contributed by atoms with Crippen molar-refractivity contribution in [1.29, 1.82) is 0 Å². The lowest BCUT2D eigenvalue weighted by Crippen LogP contribution is -2.66. The minimum atomic E-state index is -0.331. The Morgan fingerprint density at radius 1 is 0.714 bits per heavy atom. The summed E-state index contributed by atoms with van der Waals surface area (Å²) in [5.74, 6) is 0. The van der Waals surface area contributed by atoms with Crippen LogP contribution in [-0.4, -0.2) is 35.0 Å². The van der Waals surface area contributed by atoms with Crippen LogP contribution in [0.25, 0.3) is 0 Å². The highest BCUT2D eigenvalue weighted by molar-refractivity contribution is 4.97. The Hall–Kier alpha value is -0.120. The number of nitrogens with one attached hydrogen (secondary N) is 1. The highest BCUT2D eigenvalue weighted by Gasteiger charge is 2.37. The molecule has 3 nitrogen and oxygen atoms in total. The van der Waals surface area contributed by atoms with Crippen LogP contribution in [0.3, 0.4) is 0 Å². The molecule has 0 spiro atoms. The predicted octanol–water partition coefficient (Wildman–Crippen LogP) is 3.77. The molecule has 0 saturated carbocycles. The lowest BCUT2D eigenvalue weighted by molar-refractivity contribution is -0.0192. The molecular formula is C18H37NO2. The summed E-state index contributed by atoms with van der Waals surface area (Å²) >= 11 is 0. The zero-order valence-electron chi connectivity index (χ0n) is 14.0. The zero-order chi connectivity index (χ0) is 15.3. The molecule has 0 unspecified atom stereocenters. The third-order valence-electron chi connectivity index (χ3n) is 4.82. The van der Waals surface area contributed by atoms with E-state index in [4.69, 9.17) is 5.11 Å². The molecular weight excluding hydrogens is 262 g/mol. The number of hydrogen-bond donors (Lipinski definition) is 3. The van der Waals surface area contributed by atoms with Gasteiger partial charge in [0.25, 0.3) is 0 Å². The third kappa shape index (κ3) is 8.18. The van der Waals surface area contributed by atoms with E-state index in [1.54, 1.807) is 0 Å². The second kappa shape index (κ2) is 12.4. The number of aliphatic hydroxyl groups excluding tert-OH is 2. The first-order valence-electron chi connectivity index (χ1n) is 9.34. The van der Waals surface area contributed by atoms with Crippen molar-refractivity contribution in [2.24, 2.45) is 0 Å². The summed E-state index contributed by atoms with van der Waals surface area (Å²) < 4.78 is 0. The quantitative estimate of drug-likeness (QED) is 0.428. The summed E-state index contributed by atoms with van der Waals surface area (Å²) in [5.41, 5.74) is 0. The molecule has 21 heavy (non-hydrogen) atoms. The molecule has 0 amide bonds. The van der Waals surface area contributed by atoms with Crippen molar-refractivity contribution in [3.8, 4) is 0 Å². The van der Waals surface area contributed by atoms with Crippen LogP contribution in [0.1, 0.15) is 90.4 Å². The minimum Gasteiger partial charge on any atom is -0.395 e. The van der Waals surface area contributed by atoms with Gasteiger partial charge < -0.3 is 15.5 Å². The molecule has 1 saturated heterocycles. The van der Waals surface area contributed by atoms with E-state index in [1.165, 1.54) is 77.0 Å². The zero-order valence-corrected chi connectivity index (χ0v) is 14.0. The van der Waals surface area contributed by atoms with E-state index in [0.717, 1.165) is 6.42 Å². The van der Waals surface area contributed by atoms with Crippen LogP contribution in [0.2, 0.25) is 0 Å². The van der Waals surface area contributed by atoms with E-state index < -0.39 is 0 Å². The molecule has 0 radical (unpaired) electrons. The highest BCUT2D eigenvalue weighted by atomic mass is 16.3. The lowest BCUT2D eigenvalue weighted by atomic mass is 9.89. The van der Waals surface area contributed by atoms with Crippen molar-refractivity contribution in [1.82, 2.24) is 5.32 Å². The monoisotopic (exact) mass is 299 g/mol. The van der Waals surface area contributed by atoms with Crippen LogP contribution in [-0.2, 0) is 0 Å². The summed E-state index contributed by atoms with van der Waals surface area (Å²) in [7, 11) is 0. The van der Waals surface area contributed by atoms with Crippen molar-refractivity contribution in [2.45, 2.75) is 109 Å². The Kier molecular flexibility index (Phi) is 11.2. The molecule has 1 fully saturated rings. The van der Waals surface area contributed by atoms with Gasteiger partial charge in [-0.05, 0) is 6.42 Å². The van der Waals surface area contributed by atoms with Gasteiger partial charge in [-0.3, -0.25) is 0 Å². The standard InChI is InChI=1S/C18H37NO2/c1-2-3-4-5-6-7-8-9-10-11-12-13-14-16-18(21)17(15-20)19-16/h16-21H,2-15H2,1H3/t16-,17+,18+/m1/s1. The average molecular weight is 299 g/mol. The van der Waals surface area contributed by atoms with Gasteiger partial charge in [0.15, 0.2) is 0 Å². The first-order valence-corrected chi connectivity index (χ1v) is 9.34. The number of hydrogen-bond acceptors (Lipinski definition) is 3. The molecule has 0 bridgehead atoms. The van der Waals surface area contributed by atoms with Crippen LogP contribution in [0.15, 0.2) is 0 Å². The number of unbranched alkanes of at least 4 members (excludes halogenated alkanes) is 11. The van der Waals surface area contributed by atoms with Gasteiger partial charge >= 0.3 is 0 Å². The fourth-order valence-electron chi connectivity index (χ4n) is 3.25. The van der Waals surface area contributed by atoms with E-state index in [1.807, 2.05) is 0 Å². The summed E-state index contributed by atoms with van der Waals surface area (Å²) in [6.07, 6.45) is 17.2. The first-order chi connectivity index (χ1) is 10.3. The second-order valence-corrected chi connectivity index (χ2v) is 6.73. The summed E-state index contributed by atoms with van der Waals surface area (Å²) in [4.78, 5) is 0. The molecule has 126 valence electrons. The number of aliphatic hydroxyl groups is 2. The summed E-state index contributed by atoms with van der Waals surface area (Å²) in [6, 6.07) is 0.151. The van der Waals surface area contributed by atoms with E-state index in [0.29, 0.717) is 0 Å². The van der Waals surface area contributed by atoms with Gasteiger partial charge in [0.2, 0.25) is 0 Å². The van der Waals surface area contributed by atoms with E-state index in [2.05, 4.69) is 12.2 Å². The predicted molar refractivity (Wildman–Crippen MR) is 89.5 cm³/mol. The Morgan fingerprint density at radius 2 is 1.19 bits per heavy atom. The molecule has 0 aliphatic carbocycles. The SMILES string of the molecule is CCCCCCCCCCCCCC[C@H]1N[C@@H](CO)[C@H]1O. The molecule has 3 atom stereocenters. The molecule has 3 heteroatoms. The van der Waals surface area contributed by atoms with Crippen molar-refractivity contribution < 1.29 is 10.2 Å². The molecule has 1 aliphatic heterocycles. The fraction of sp³-hybridized carbons (Fsp3) is 1.00. The first kappa shape index (κ1) is 18.9. The summed E-state index contributed by atoms with van der Waals surface area (Å²) in [5, 5.41) is 21.9. The molecule has 0 aromatic carbocycles. The molecule has 0 aromatic rings. The van der Waals surface area contributed by atoms with Crippen molar-refractivity contribution in [3.63, 3.8) is 0 Å². The smallest absolute Gasteiger partial charge is 0.0868 e. The van der Waals surface area contributed by atoms with Crippen LogP contribution in [0.4, 0.5) is 0 Å². The molecule has 0 aromatic heterocycles. The Bertz CT molecular complexity index is 235. The molecule has 1 heterocycles. The van der Waals surface area contributed by atoms with Crippen LogP contribution >= 0.6 is 0 Å². The van der Waals surface area contributed by atoms with E-state index >= 15 is 0 Å². The summed E-state index contributed by atoms with van der Waals surface area (Å²) in [6.45, 7) is 2.32. The molecule has 1 rings (SSSR count). The maximum atomic E-state index is 9.72. The normalized spacial score (nSPS) is 25.0. The van der Waals surface area contributed by atoms with Crippen LogP contribution in [0, 0.1) is 0 Å². The Labute approximate surface area is 131 Å².